The first kappa shape index (κ1) is 19.0. The third-order valence-corrected chi connectivity index (χ3v) is 4.13. The number of benzene rings is 1. The summed E-state index contributed by atoms with van der Waals surface area (Å²) in [6.45, 7) is 9.56. The molecule has 136 valence electrons. The highest BCUT2D eigenvalue weighted by Crippen LogP contribution is 2.16. The van der Waals surface area contributed by atoms with Crippen LogP contribution < -0.4 is 10.6 Å². The van der Waals surface area contributed by atoms with Gasteiger partial charge in [0.05, 0.1) is 6.10 Å². The van der Waals surface area contributed by atoms with Crippen LogP contribution in [0.4, 0.5) is 4.79 Å². The van der Waals surface area contributed by atoms with Gasteiger partial charge >= 0.3 is 6.03 Å². The van der Waals surface area contributed by atoms with Gasteiger partial charge in [-0.1, -0.05) is 36.2 Å². The van der Waals surface area contributed by atoms with Crippen molar-refractivity contribution in [1.29, 1.82) is 0 Å². The molecule has 2 aromatic rings. The van der Waals surface area contributed by atoms with Gasteiger partial charge in [0, 0.05) is 32.0 Å². The van der Waals surface area contributed by atoms with Gasteiger partial charge in [0.2, 0.25) is 0 Å². The molecule has 1 aromatic carbocycles. The number of amides is 2. The van der Waals surface area contributed by atoms with Crippen LogP contribution in [0.5, 0.6) is 0 Å². The van der Waals surface area contributed by atoms with Crippen molar-refractivity contribution in [2.75, 3.05) is 13.1 Å². The Morgan fingerprint density at radius 1 is 1.16 bits per heavy atom. The molecule has 0 saturated heterocycles. The summed E-state index contributed by atoms with van der Waals surface area (Å²) in [6.07, 6.45) is 3.00. The van der Waals surface area contributed by atoms with Crippen molar-refractivity contribution in [2.45, 2.75) is 40.3 Å². The molecule has 0 spiro atoms. The second-order valence-corrected chi connectivity index (χ2v) is 6.76. The van der Waals surface area contributed by atoms with Crippen molar-refractivity contribution in [3.05, 3.63) is 53.1 Å². The molecule has 2 atom stereocenters. The number of aliphatic hydroxyl groups excluding tert-OH is 1. The second kappa shape index (κ2) is 8.67. The first-order valence-electron chi connectivity index (χ1n) is 8.61. The number of urea groups is 1. The van der Waals surface area contributed by atoms with Crippen molar-refractivity contribution >= 4 is 6.03 Å². The molecular weight excluding hydrogens is 316 g/mol. The fourth-order valence-electron chi connectivity index (χ4n) is 2.84. The third kappa shape index (κ3) is 5.90. The molecule has 0 fully saturated rings. The molecule has 6 nitrogen and oxygen atoms in total. The Morgan fingerprint density at radius 2 is 1.80 bits per heavy atom. The van der Waals surface area contributed by atoms with Crippen molar-refractivity contribution in [1.82, 2.24) is 20.2 Å². The SMILES string of the molecule is Cc1cc(C)cc([C@@H](O)CNC(=O)NC[C@@H](C)Cn2ccnc2C)c1. The van der Waals surface area contributed by atoms with Crippen molar-refractivity contribution in [3.63, 3.8) is 0 Å². The lowest BCUT2D eigenvalue weighted by atomic mass is 10.0. The van der Waals surface area contributed by atoms with Gasteiger partial charge < -0.3 is 20.3 Å². The molecule has 0 aliphatic rings. The first-order valence-corrected chi connectivity index (χ1v) is 8.61. The van der Waals surface area contributed by atoms with Crippen molar-refractivity contribution in [3.8, 4) is 0 Å². The maximum absolute atomic E-state index is 11.9. The number of aromatic nitrogens is 2. The number of imidazole rings is 1. The van der Waals surface area contributed by atoms with E-state index in [9.17, 15) is 9.90 Å². The second-order valence-electron chi connectivity index (χ2n) is 6.76. The average Bonchev–Trinajstić information content (AvgIpc) is 2.94. The molecule has 2 amide bonds. The Labute approximate surface area is 149 Å². The van der Waals surface area contributed by atoms with E-state index >= 15 is 0 Å². The van der Waals surface area contributed by atoms with Crippen LogP contribution >= 0.6 is 0 Å². The predicted molar refractivity (Wildman–Crippen MR) is 98.4 cm³/mol. The summed E-state index contributed by atoms with van der Waals surface area (Å²) < 4.78 is 2.06. The van der Waals surface area contributed by atoms with Gasteiger partial charge in [0.25, 0.3) is 0 Å². The van der Waals surface area contributed by atoms with Crippen LogP contribution in [-0.4, -0.2) is 33.8 Å². The van der Waals surface area contributed by atoms with E-state index in [4.69, 9.17) is 0 Å². The summed E-state index contributed by atoms with van der Waals surface area (Å²) in [5, 5.41) is 15.8. The number of rotatable bonds is 7. The van der Waals surface area contributed by atoms with Crippen LogP contribution in [0.2, 0.25) is 0 Å². The van der Waals surface area contributed by atoms with E-state index in [0.29, 0.717) is 6.54 Å². The number of hydrogen-bond acceptors (Lipinski definition) is 3. The Bertz CT molecular complexity index is 691. The number of carbonyl (C=O) groups excluding carboxylic acids is 1. The lowest BCUT2D eigenvalue weighted by molar-refractivity contribution is 0.172. The molecule has 0 aliphatic carbocycles. The molecule has 0 bridgehead atoms. The molecule has 2 rings (SSSR count). The van der Waals surface area contributed by atoms with Crippen LogP contribution in [0, 0.1) is 26.7 Å². The van der Waals surface area contributed by atoms with E-state index in [0.717, 1.165) is 29.1 Å². The monoisotopic (exact) mass is 344 g/mol. The van der Waals surface area contributed by atoms with E-state index in [-0.39, 0.29) is 18.5 Å². The molecule has 3 N–H and O–H groups in total. The zero-order valence-corrected chi connectivity index (χ0v) is 15.4. The van der Waals surface area contributed by atoms with E-state index in [1.165, 1.54) is 0 Å². The highest BCUT2D eigenvalue weighted by molar-refractivity contribution is 5.73. The number of nitrogens with one attached hydrogen (secondary N) is 2. The smallest absolute Gasteiger partial charge is 0.314 e. The van der Waals surface area contributed by atoms with Crippen LogP contribution in [0.1, 0.15) is 35.5 Å². The first-order chi connectivity index (χ1) is 11.8. The van der Waals surface area contributed by atoms with E-state index in [1.54, 1.807) is 6.20 Å². The molecule has 0 saturated carbocycles. The third-order valence-electron chi connectivity index (χ3n) is 4.13. The highest BCUT2D eigenvalue weighted by atomic mass is 16.3. The minimum absolute atomic E-state index is 0.184. The topological polar surface area (TPSA) is 79.2 Å². The van der Waals surface area contributed by atoms with E-state index in [1.807, 2.05) is 39.1 Å². The van der Waals surface area contributed by atoms with Crippen LogP contribution in [0.25, 0.3) is 0 Å². The van der Waals surface area contributed by atoms with Crippen LogP contribution in [0.3, 0.4) is 0 Å². The molecular formula is C19H28N4O2. The van der Waals surface area contributed by atoms with Gasteiger partial charge in [-0.15, -0.1) is 0 Å². The highest BCUT2D eigenvalue weighted by Gasteiger charge is 2.11. The van der Waals surface area contributed by atoms with Gasteiger partial charge in [-0.3, -0.25) is 0 Å². The summed E-state index contributed by atoms with van der Waals surface area (Å²) in [5.74, 6) is 1.25. The summed E-state index contributed by atoms with van der Waals surface area (Å²) in [7, 11) is 0. The lowest BCUT2D eigenvalue weighted by Gasteiger charge is -2.17. The Hall–Kier alpha value is -2.34. The van der Waals surface area contributed by atoms with E-state index in [2.05, 4.69) is 33.2 Å². The molecule has 1 aromatic heterocycles. The zero-order chi connectivity index (χ0) is 18.4. The van der Waals surface area contributed by atoms with Gasteiger partial charge in [-0.2, -0.15) is 0 Å². The van der Waals surface area contributed by atoms with E-state index < -0.39 is 6.10 Å². The fourth-order valence-corrected chi connectivity index (χ4v) is 2.84. The number of aliphatic hydroxyl groups is 1. The van der Waals surface area contributed by atoms with Crippen molar-refractivity contribution < 1.29 is 9.90 Å². The van der Waals surface area contributed by atoms with Crippen LogP contribution in [0.15, 0.2) is 30.6 Å². The minimum Gasteiger partial charge on any atom is -0.387 e. The number of nitrogens with zero attached hydrogens (tertiary/aromatic N) is 2. The van der Waals surface area contributed by atoms with Gasteiger partial charge in [-0.05, 0) is 32.3 Å². The molecule has 0 radical (unpaired) electrons. The molecule has 1 heterocycles. The van der Waals surface area contributed by atoms with Gasteiger partial charge in [0.15, 0.2) is 0 Å². The summed E-state index contributed by atoms with van der Waals surface area (Å²) >= 11 is 0. The normalized spacial score (nSPS) is 13.3. The predicted octanol–water partition coefficient (Wildman–Crippen LogP) is 2.48. The van der Waals surface area contributed by atoms with Gasteiger partial charge in [0.1, 0.15) is 5.82 Å². The maximum atomic E-state index is 11.9. The van der Waals surface area contributed by atoms with Crippen LogP contribution in [-0.2, 0) is 6.54 Å². The zero-order valence-electron chi connectivity index (χ0n) is 15.4. The standard InChI is InChI=1S/C19H28N4O2/c1-13-7-14(2)9-17(8-13)18(24)11-22-19(25)21-10-15(3)12-23-6-5-20-16(23)4/h5-9,15,18,24H,10-12H2,1-4H3,(H2,21,22,25)/t15-,18+/m1/s1. The quantitative estimate of drug-likeness (QED) is 0.722. The number of hydrogen-bond donors (Lipinski definition) is 3. The maximum Gasteiger partial charge on any atom is 0.314 e. The molecule has 25 heavy (non-hydrogen) atoms. The molecule has 6 heteroatoms. The minimum atomic E-state index is -0.713. The average molecular weight is 344 g/mol. The Kier molecular flexibility index (Phi) is 6.58. The summed E-state index contributed by atoms with van der Waals surface area (Å²) in [4.78, 5) is 16.1. The summed E-state index contributed by atoms with van der Waals surface area (Å²) in [6, 6.07) is 5.66. The van der Waals surface area contributed by atoms with Gasteiger partial charge in [-0.25, -0.2) is 9.78 Å². The Morgan fingerprint density at radius 3 is 2.40 bits per heavy atom. The largest absolute Gasteiger partial charge is 0.387 e. The molecule has 0 unspecified atom stereocenters. The molecule has 0 aliphatic heterocycles. The number of carbonyl (C=O) groups is 1. The fraction of sp³-hybridized carbons (Fsp3) is 0.474. The Balaban J connectivity index is 1.73. The summed E-state index contributed by atoms with van der Waals surface area (Å²) in [5.41, 5.74) is 3.02. The lowest BCUT2D eigenvalue weighted by Crippen LogP contribution is -2.40. The van der Waals surface area contributed by atoms with Crippen molar-refractivity contribution in [2.24, 2.45) is 5.92 Å². The number of aryl methyl sites for hydroxylation is 3.